The van der Waals surface area contributed by atoms with Crippen molar-refractivity contribution in [3.05, 3.63) is 34.4 Å². The lowest BCUT2D eigenvalue weighted by molar-refractivity contribution is -0.122. The molecule has 19 heavy (non-hydrogen) atoms. The lowest BCUT2D eigenvalue weighted by atomic mass is 9.89. The summed E-state index contributed by atoms with van der Waals surface area (Å²) in [6.45, 7) is 7.45. The van der Waals surface area contributed by atoms with Crippen LogP contribution in [0.3, 0.4) is 0 Å². The van der Waals surface area contributed by atoms with Crippen LogP contribution in [-0.2, 0) is 16.0 Å². The number of Topliss-reactive ketones (excluding diaryl/α,β-unsaturated/α-hetero) is 1. The Morgan fingerprint density at radius 3 is 2.47 bits per heavy atom. The number of aryl methyl sites for hydroxylation is 3. The summed E-state index contributed by atoms with van der Waals surface area (Å²) >= 11 is 0. The first-order valence-electron chi connectivity index (χ1n) is 6.87. The van der Waals surface area contributed by atoms with Crippen molar-refractivity contribution in [3.8, 4) is 0 Å². The van der Waals surface area contributed by atoms with E-state index in [2.05, 4.69) is 38.2 Å². The molecule has 1 aromatic carbocycles. The van der Waals surface area contributed by atoms with Gasteiger partial charge in [0.2, 0.25) is 0 Å². The predicted molar refractivity (Wildman–Crippen MR) is 76.5 cm³/mol. The maximum Gasteiger partial charge on any atom is 0.144 e. The summed E-state index contributed by atoms with van der Waals surface area (Å²) in [6, 6.07) is 4.46. The second-order valence-electron chi connectivity index (χ2n) is 5.56. The maximum absolute atomic E-state index is 12.5. The Kier molecular flexibility index (Phi) is 4.38. The highest BCUT2D eigenvalue weighted by Gasteiger charge is 2.32. The molecule has 1 fully saturated rings. The highest BCUT2D eigenvalue weighted by molar-refractivity contribution is 5.85. The first kappa shape index (κ1) is 14.2. The van der Waals surface area contributed by atoms with E-state index in [1.54, 1.807) is 0 Å². The number of carbonyl (C=O) groups excluding carboxylic acids is 1. The number of hydrogen-bond donors (Lipinski definition) is 1. The second-order valence-corrected chi connectivity index (χ2v) is 5.56. The van der Waals surface area contributed by atoms with Gasteiger partial charge in [0, 0.05) is 12.5 Å². The third kappa shape index (κ3) is 3.04. The van der Waals surface area contributed by atoms with Gasteiger partial charge in [0.15, 0.2) is 0 Å². The van der Waals surface area contributed by atoms with E-state index in [4.69, 9.17) is 4.74 Å². The molecule has 2 rings (SSSR count). The van der Waals surface area contributed by atoms with Gasteiger partial charge in [-0.3, -0.25) is 4.79 Å². The average Bonchev–Trinajstić information content (AvgIpc) is 2.81. The predicted octanol–water partition coefficient (Wildman–Crippen LogP) is 1.96. The molecule has 1 aromatic rings. The summed E-state index contributed by atoms with van der Waals surface area (Å²) in [5.74, 6) is 0.275. The van der Waals surface area contributed by atoms with E-state index in [1.807, 2.05) is 7.05 Å². The summed E-state index contributed by atoms with van der Waals surface area (Å²) in [7, 11) is 1.89. The van der Waals surface area contributed by atoms with Gasteiger partial charge in [-0.1, -0.05) is 17.7 Å². The van der Waals surface area contributed by atoms with Crippen LogP contribution in [0.2, 0.25) is 0 Å². The van der Waals surface area contributed by atoms with E-state index < -0.39 is 0 Å². The van der Waals surface area contributed by atoms with Crippen LogP contribution < -0.4 is 5.32 Å². The zero-order chi connectivity index (χ0) is 14.0. The third-order valence-corrected chi connectivity index (χ3v) is 4.06. The largest absolute Gasteiger partial charge is 0.379 e. The van der Waals surface area contributed by atoms with Crippen LogP contribution in [0.25, 0.3) is 0 Å². The lowest BCUT2D eigenvalue weighted by Crippen LogP contribution is -2.37. The van der Waals surface area contributed by atoms with Gasteiger partial charge in [0.25, 0.3) is 0 Å². The van der Waals surface area contributed by atoms with Gasteiger partial charge in [-0.15, -0.1) is 0 Å². The summed E-state index contributed by atoms with van der Waals surface area (Å²) in [5, 5.41) is 3.17. The Morgan fingerprint density at radius 1 is 1.26 bits per heavy atom. The molecule has 1 heterocycles. The van der Waals surface area contributed by atoms with Gasteiger partial charge in [-0.2, -0.15) is 0 Å². The Morgan fingerprint density at radius 2 is 1.89 bits per heavy atom. The Hall–Kier alpha value is -1.19. The van der Waals surface area contributed by atoms with Crippen molar-refractivity contribution >= 4 is 5.78 Å². The molecule has 1 saturated heterocycles. The third-order valence-electron chi connectivity index (χ3n) is 4.06. The molecular formula is C16H23NO2. The van der Waals surface area contributed by atoms with Crippen LogP contribution in [0.15, 0.2) is 12.1 Å². The molecule has 2 atom stereocenters. The van der Waals surface area contributed by atoms with Crippen LogP contribution >= 0.6 is 0 Å². The van der Waals surface area contributed by atoms with E-state index >= 15 is 0 Å². The normalized spacial score (nSPS) is 22.7. The fourth-order valence-corrected chi connectivity index (χ4v) is 2.95. The monoisotopic (exact) mass is 261 g/mol. The van der Waals surface area contributed by atoms with Crippen LogP contribution in [0.1, 0.15) is 22.3 Å². The van der Waals surface area contributed by atoms with E-state index in [1.165, 1.54) is 22.3 Å². The van der Waals surface area contributed by atoms with Crippen LogP contribution in [-0.4, -0.2) is 32.1 Å². The molecule has 3 heteroatoms. The zero-order valence-electron chi connectivity index (χ0n) is 12.2. The van der Waals surface area contributed by atoms with Gasteiger partial charge < -0.3 is 10.1 Å². The molecule has 3 nitrogen and oxygen atoms in total. The first-order valence-corrected chi connectivity index (χ1v) is 6.87. The van der Waals surface area contributed by atoms with E-state index in [0.717, 1.165) is 0 Å². The number of rotatable bonds is 4. The van der Waals surface area contributed by atoms with Crippen molar-refractivity contribution in [2.75, 3.05) is 20.3 Å². The lowest BCUT2D eigenvalue weighted by Gasteiger charge is -2.17. The number of ether oxygens (including phenoxy) is 1. The maximum atomic E-state index is 12.5. The standard InChI is InChI=1S/C16H23NO2/c1-10-5-11(2)13(12(3)6-10)7-16(18)14-8-19-9-15(14)17-4/h5-6,14-15,17H,7-9H2,1-4H3. The van der Waals surface area contributed by atoms with Crippen molar-refractivity contribution in [1.29, 1.82) is 0 Å². The van der Waals surface area contributed by atoms with Gasteiger partial charge in [-0.25, -0.2) is 0 Å². The SMILES string of the molecule is CNC1COCC1C(=O)Cc1c(C)cc(C)cc1C. The van der Waals surface area contributed by atoms with E-state index in [0.29, 0.717) is 19.6 Å². The number of nitrogens with one attached hydrogen (secondary N) is 1. The molecule has 0 aromatic heterocycles. The average molecular weight is 261 g/mol. The molecule has 104 valence electrons. The van der Waals surface area contributed by atoms with Gasteiger partial charge in [0.05, 0.1) is 19.1 Å². The Bertz CT molecular complexity index is 459. The summed E-state index contributed by atoms with van der Waals surface area (Å²) in [5.41, 5.74) is 4.86. The summed E-state index contributed by atoms with van der Waals surface area (Å²) in [6.07, 6.45) is 0.518. The quantitative estimate of drug-likeness (QED) is 0.900. The van der Waals surface area contributed by atoms with Crippen molar-refractivity contribution in [1.82, 2.24) is 5.32 Å². The molecule has 0 amide bonds. The minimum absolute atomic E-state index is 0.00916. The van der Waals surface area contributed by atoms with Crippen molar-refractivity contribution in [2.24, 2.45) is 5.92 Å². The molecule has 0 aliphatic carbocycles. The van der Waals surface area contributed by atoms with Crippen LogP contribution in [0, 0.1) is 26.7 Å². The zero-order valence-corrected chi connectivity index (χ0v) is 12.2. The van der Waals surface area contributed by atoms with Crippen LogP contribution in [0.5, 0.6) is 0 Å². The molecule has 1 N–H and O–H groups in total. The summed E-state index contributed by atoms with van der Waals surface area (Å²) < 4.78 is 5.42. The first-order chi connectivity index (χ1) is 9.02. The highest BCUT2D eigenvalue weighted by Crippen LogP contribution is 2.21. The molecule has 0 spiro atoms. The van der Waals surface area contributed by atoms with Crippen molar-refractivity contribution in [2.45, 2.75) is 33.2 Å². The van der Waals surface area contributed by atoms with Gasteiger partial charge in [0.1, 0.15) is 5.78 Å². The second kappa shape index (κ2) is 5.85. The van der Waals surface area contributed by atoms with Gasteiger partial charge >= 0.3 is 0 Å². The fraction of sp³-hybridized carbons (Fsp3) is 0.562. The number of benzene rings is 1. The summed E-state index contributed by atoms with van der Waals surface area (Å²) in [4.78, 5) is 12.5. The topological polar surface area (TPSA) is 38.3 Å². The number of likely N-dealkylation sites (N-methyl/N-ethyl adjacent to an activating group) is 1. The van der Waals surface area contributed by atoms with E-state index in [9.17, 15) is 4.79 Å². The smallest absolute Gasteiger partial charge is 0.144 e. The van der Waals surface area contributed by atoms with Crippen molar-refractivity contribution in [3.63, 3.8) is 0 Å². The number of carbonyl (C=O) groups is 1. The Balaban J connectivity index is 2.15. The highest BCUT2D eigenvalue weighted by atomic mass is 16.5. The van der Waals surface area contributed by atoms with E-state index in [-0.39, 0.29) is 17.7 Å². The fourth-order valence-electron chi connectivity index (χ4n) is 2.95. The molecule has 0 saturated carbocycles. The molecular weight excluding hydrogens is 238 g/mol. The molecule has 0 radical (unpaired) electrons. The number of hydrogen-bond acceptors (Lipinski definition) is 3. The molecule has 2 unspecified atom stereocenters. The molecule has 1 aliphatic heterocycles. The minimum atomic E-state index is -0.00916. The number of ketones is 1. The molecule has 0 bridgehead atoms. The van der Waals surface area contributed by atoms with Crippen molar-refractivity contribution < 1.29 is 9.53 Å². The Labute approximate surface area is 115 Å². The molecule has 1 aliphatic rings. The minimum Gasteiger partial charge on any atom is -0.379 e. The van der Waals surface area contributed by atoms with Crippen LogP contribution in [0.4, 0.5) is 0 Å². The van der Waals surface area contributed by atoms with Gasteiger partial charge in [-0.05, 0) is 44.5 Å².